The van der Waals surface area contributed by atoms with Gasteiger partial charge in [-0.05, 0) is 37.1 Å². The fourth-order valence-corrected chi connectivity index (χ4v) is 3.11. The number of carbonyl (C=O) groups is 1. The fourth-order valence-electron chi connectivity index (χ4n) is 3.11. The highest BCUT2D eigenvalue weighted by Gasteiger charge is 2.29. The maximum absolute atomic E-state index is 13.5. The molecule has 0 bridgehead atoms. The summed E-state index contributed by atoms with van der Waals surface area (Å²) in [5.74, 6) is -0.644. The first-order chi connectivity index (χ1) is 12.0. The molecule has 0 spiro atoms. The molecule has 5 nitrogen and oxygen atoms in total. The molecular formula is C19H20FNO4. The predicted molar refractivity (Wildman–Crippen MR) is 90.8 cm³/mol. The second-order valence-corrected chi connectivity index (χ2v) is 6.00. The molecular weight excluding hydrogens is 325 g/mol. The molecule has 1 unspecified atom stereocenters. The van der Waals surface area contributed by atoms with Crippen molar-refractivity contribution in [3.8, 4) is 5.75 Å². The lowest BCUT2D eigenvalue weighted by Gasteiger charge is -2.24. The summed E-state index contributed by atoms with van der Waals surface area (Å²) in [4.78, 5) is 14.4. The standard InChI is InChI=1S/C19H20FNO4/c1-12(19(24)21-7-6-13-4-2-3-5-17(13)21)25-18-14(10-22)8-16(20)9-15(18)11-23/h2-5,8-9,12,22-23H,6-7,10-11H2,1H3. The molecule has 0 aliphatic carbocycles. The third-order valence-electron chi connectivity index (χ3n) is 4.34. The number of anilines is 1. The number of aliphatic hydroxyl groups excluding tert-OH is 2. The zero-order chi connectivity index (χ0) is 18.0. The number of hydrogen-bond donors (Lipinski definition) is 2. The SMILES string of the molecule is CC(Oc1c(CO)cc(F)cc1CO)C(=O)N1CCc2ccccc21. The number of carbonyl (C=O) groups excluding carboxylic acids is 1. The van der Waals surface area contributed by atoms with E-state index < -0.39 is 25.1 Å². The molecule has 1 amide bonds. The van der Waals surface area contributed by atoms with Crippen LogP contribution in [0, 0.1) is 5.82 Å². The molecule has 6 heteroatoms. The first-order valence-electron chi connectivity index (χ1n) is 8.14. The fraction of sp³-hybridized carbons (Fsp3) is 0.316. The van der Waals surface area contributed by atoms with Gasteiger partial charge in [0.2, 0.25) is 0 Å². The maximum atomic E-state index is 13.5. The van der Waals surface area contributed by atoms with Crippen molar-refractivity contribution in [2.24, 2.45) is 0 Å². The van der Waals surface area contributed by atoms with Crippen LogP contribution in [0.3, 0.4) is 0 Å². The van der Waals surface area contributed by atoms with E-state index in [9.17, 15) is 19.4 Å². The van der Waals surface area contributed by atoms with Gasteiger partial charge in [-0.15, -0.1) is 0 Å². The summed E-state index contributed by atoms with van der Waals surface area (Å²) < 4.78 is 19.3. The van der Waals surface area contributed by atoms with Crippen molar-refractivity contribution in [2.45, 2.75) is 32.7 Å². The Bertz CT molecular complexity index is 768. The minimum atomic E-state index is -0.841. The number of para-hydroxylation sites is 1. The molecule has 3 rings (SSSR count). The Morgan fingerprint density at radius 1 is 1.24 bits per heavy atom. The number of rotatable bonds is 5. The number of fused-ring (bicyclic) bond motifs is 1. The molecule has 0 aromatic heterocycles. The molecule has 0 saturated heterocycles. The molecule has 0 saturated carbocycles. The van der Waals surface area contributed by atoms with E-state index >= 15 is 0 Å². The third-order valence-corrected chi connectivity index (χ3v) is 4.34. The van der Waals surface area contributed by atoms with E-state index in [-0.39, 0.29) is 22.8 Å². The van der Waals surface area contributed by atoms with Crippen molar-refractivity contribution in [3.63, 3.8) is 0 Å². The molecule has 1 aliphatic heterocycles. The molecule has 2 aromatic carbocycles. The van der Waals surface area contributed by atoms with Gasteiger partial charge < -0.3 is 19.8 Å². The van der Waals surface area contributed by atoms with Crippen molar-refractivity contribution in [1.82, 2.24) is 0 Å². The van der Waals surface area contributed by atoms with E-state index in [1.54, 1.807) is 11.8 Å². The number of halogens is 1. The van der Waals surface area contributed by atoms with Gasteiger partial charge in [-0.1, -0.05) is 18.2 Å². The Morgan fingerprint density at radius 2 is 1.88 bits per heavy atom. The minimum absolute atomic E-state index is 0.153. The normalized spacial score (nSPS) is 14.3. The van der Waals surface area contributed by atoms with Crippen molar-refractivity contribution in [1.29, 1.82) is 0 Å². The summed E-state index contributed by atoms with van der Waals surface area (Å²) in [7, 11) is 0. The van der Waals surface area contributed by atoms with E-state index in [4.69, 9.17) is 4.74 Å². The van der Waals surface area contributed by atoms with Gasteiger partial charge >= 0.3 is 0 Å². The summed E-state index contributed by atoms with van der Waals surface area (Å²) in [6.45, 7) is 1.28. The van der Waals surface area contributed by atoms with E-state index in [0.29, 0.717) is 6.54 Å². The predicted octanol–water partition coefficient (Wildman–Crippen LogP) is 2.17. The molecule has 132 valence electrons. The lowest BCUT2D eigenvalue weighted by atomic mass is 10.1. The second-order valence-electron chi connectivity index (χ2n) is 6.00. The first kappa shape index (κ1) is 17.4. The van der Waals surface area contributed by atoms with E-state index in [0.717, 1.165) is 29.8 Å². The van der Waals surface area contributed by atoms with E-state index in [1.807, 2.05) is 24.3 Å². The van der Waals surface area contributed by atoms with Crippen molar-refractivity contribution < 1.29 is 24.1 Å². The minimum Gasteiger partial charge on any atom is -0.480 e. The van der Waals surface area contributed by atoms with Crippen LogP contribution in [0.5, 0.6) is 5.75 Å². The number of aliphatic hydroxyl groups is 2. The van der Waals surface area contributed by atoms with Crippen LogP contribution in [-0.4, -0.2) is 28.8 Å². The largest absolute Gasteiger partial charge is 0.480 e. The maximum Gasteiger partial charge on any atom is 0.267 e. The summed E-state index contributed by atoms with van der Waals surface area (Å²) in [6.07, 6.45) is -0.0539. The van der Waals surface area contributed by atoms with Gasteiger partial charge in [0.05, 0.1) is 13.2 Å². The van der Waals surface area contributed by atoms with Crippen LogP contribution in [0.15, 0.2) is 36.4 Å². The highest BCUT2D eigenvalue weighted by molar-refractivity contribution is 5.98. The number of nitrogens with zero attached hydrogens (tertiary/aromatic N) is 1. The summed E-state index contributed by atoms with van der Waals surface area (Å²) in [5.41, 5.74) is 2.37. The number of hydrogen-bond acceptors (Lipinski definition) is 4. The monoisotopic (exact) mass is 345 g/mol. The number of amides is 1. The molecule has 2 aromatic rings. The van der Waals surface area contributed by atoms with Gasteiger partial charge in [-0.2, -0.15) is 0 Å². The van der Waals surface area contributed by atoms with Crippen molar-refractivity contribution >= 4 is 11.6 Å². The molecule has 25 heavy (non-hydrogen) atoms. The van der Waals surface area contributed by atoms with Gasteiger partial charge in [-0.25, -0.2) is 4.39 Å². The van der Waals surface area contributed by atoms with E-state index in [1.165, 1.54) is 0 Å². The van der Waals surface area contributed by atoms with Crippen LogP contribution in [0.4, 0.5) is 10.1 Å². The number of benzene rings is 2. The van der Waals surface area contributed by atoms with Gasteiger partial charge in [0.1, 0.15) is 11.6 Å². The molecule has 0 fully saturated rings. The highest BCUT2D eigenvalue weighted by Crippen LogP contribution is 2.30. The van der Waals surface area contributed by atoms with Gasteiger partial charge in [0.15, 0.2) is 6.10 Å². The van der Waals surface area contributed by atoms with Crippen LogP contribution in [0.25, 0.3) is 0 Å². The van der Waals surface area contributed by atoms with Crippen molar-refractivity contribution in [3.05, 3.63) is 58.9 Å². The Hall–Kier alpha value is -2.44. The molecule has 2 N–H and O–H groups in total. The average Bonchev–Trinajstić information content (AvgIpc) is 3.05. The second kappa shape index (κ2) is 7.21. The van der Waals surface area contributed by atoms with Crippen LogP contribution in [0.2, 0.25) is 0 Å². The molecule has 1 aliphatic rings. The molecule has 1 atom stereocenters. The Kier molecular flexibility index (Phi) is 5.01. The first-order valence-corrected chi connectivity index (χ1v) is 8.14. The van der Waals surface area contributed by atoms with E-state index in [2.05, 4.69) is 0 Å². The van der Waals surface area contributed by atoms with Crippen LogP contribution in [0.1, 0.15) is 23.6 Å². The zero-order valence-electron chi connectivity index (χ0n) is 13.9. The average molecular weight is 345 g/mol. The summed E-state index contributed by atoms with van der Waals surface area (Å²) >= 11 is 0. The van der Waals surface area contributed by atoms with Crippen LogP contribution < -0.4 is 9.64 Å². The summed E-state index contributed by atoms with van der Waals surface area (Å²) in [6, 6.07) is 9.97. The molecule has 1 heterocycles. The zero-order valence-corrected chi connectivity index (χ0v) is 13.9. The smallest absolute Gasteiger partial charge is 0.267 e. The van der Waals surface area contributed by atoms with Crippen molar-refractivity contribution in [2.75, 3.05) is 11.4 Å². The summed E-state index contributed by atoms with van der Waals surface area (Å²) in [5, 5.41) is 18.9. The van der Waals surface area contributed by atoms with Gasteiger partial charge in [0.25, 0.3) is 5.91 Å². The van der Waals surface area contributed by atoms with Crippen LogP contribution >= 0.6 is 0 Å². The van der Waals surface area contributed by atoms with Crippen LogP contribution in [-0.2, 0) is 24.4 Å². The lowest BCUT2D eigenvalue weighted by Crippen LogP contribution is -2.39. The number of ether oxygens (including phenoxy) is 1. The Morgan fingerprint density at radius 3 is 2.52 bits per heavy atom. The Balaban J connectivity index is 1.84. The van der Waals surface area contributed by atoms with Gasteiger partial charge in [-0.3, -0.25) is 4.79 Å². The Labute approximate surface area is 145 Å². The third kappa shape index (κ3) is 3.36. The highest BCUT2D eigenvalue weighted by atomic mass is 19.1. The molecule has 0 radical (unpaired) electrons. The topological polar surface area (TPSA) is 70.0 Å². The lowest BCUT2D eigenvalue weighted by molar-refractivity contribution is -0.124. The van der Waals surface area contributed by atoms with Gasteiger partial charge in [0, 0.05) is 23.4 Å². The quantitative estimate of drug-likeness (QED) is 0.871.